The Bertz CT molecular complexity index is 1130. The Kier molecular flexibility index (Phi) is 6.47. The molecule has 17 nitrogen and oxygen atoms in total. The number of nitrogens with zero attached hydrogens (tertiary/aromatic N) is 3. The third-order valence-electron chi connectivity index (χ3n) is 3.70. The van der Waals surface area contributed by atoms with Crippen LogP contribution in [0.3, 0.4) is 0 Å². The summed E-state index contributed by atoms with van der Waals surface area (Å²) in [5.41, 5.74) is -0.321. The van der Waals surface area contributed by atoms with Crippen LogP contribution in [0, 0.1) is 0 Å². The number of phosphoric acid groups is 3. The second kappa shape index (κ2) is 8.31. The Balaban J connectivity index is 1.64. The monoisotopic (exact) mass is 492 g/mol. The molecule has 0 aliphatic carbocycles. The van der Waals surface area contributed by atoms with Gasteiger partial charge in [-0.3, -0.25) is 13.9 Å². The summed E-state index contributed by atoms with van der Waals surface area (Å²) in [6.45, 7) is -0.817. The van der Waals surface area contributed by atoms with E-state index in [4.69, 9.17) is 19.4 Å². The molecule has 3 heterocycles. The predicted octanol–water partition coefficient (Wildman–Crippen LogP) is -0.889. The maximum atomic E-state index is 11.7. The Morgan fingerprint density at radius 2 is 1.87 bits per heavy atom. The van der Waals surface area contributed by atoms with Crippen molar-refractivity contribution in [3.8, 4) is 0 Å². The molecule has 3 rings (SSSR count). The van der Waals surface area contributed by atoms with E-state index in [1.165, 1.54) is 10.9 Å². The van der Waals surface area contributed by atoms with Crippen LogP contribution in [0.1, 0.15) is 12.6 Å². The van der Waals surface area contributed by atoms with E-state index in [1.807, 2.05) is 0 Å². The molecule has 1 fully saturated rings. The molecule has 0 saturated carbocycles. The minimum absolute atomic E-state index is 0.0207. The zero-order chi connectivity index (χ0) is 22.3. The topological polar surface area (TPSA) is 253 Å². The molecule has 0 spiro atoms. The van der Waals surface area contributed by atoms with Crippen LogP contribution in [0.2, 0.25) is 0 Å². The maximum absolute atomic E-state index is 11.7. The predicted molar refractivity (Wildman–Crippen MR) is 92.5 cm³/mol. The van der Waals surface area contributed by atoms with Gasteiger partial charge in [0.15, 0.2) is 11.2 Å². The van der Waals surface area contributed by atoms with Crippen molar-refractivity contribution in [3.05, 3.63) is 23.0 Å². The van der Waals surface area contributed by atoms with E-state index in [0.29, 0.717) is 0 Å². The highest BCUT2D eigenvalue weighted by Crippen LogP contribution is 2.66. The van der Waals surface area contributed by atoms with Gasteiger partial charge in [-0.05, 0) is 0 Å². The van der Waals surface area contributed by atoms with Gasteiger partial charge in [0, 0.05) is 6.42 Å². The largest absolute Gasteiger partial charge is 0.490 e. The van der Waals surface area contributed by atoms with Crippen LogP contribution >= 0.6 is 23.5 Å². The van der Waals surface area contributed by atoms with Gasteiger partial charge in [-0.2, -0.15) is 8.62 Å². The number of aliphatic hydroxyl groups is 1. The van der Waals surface area contributed by atoms with E-state index in [-0.39, 0.29) is 17.6 Å². The van der Waals surface area contributed by atoms with E-state index in [0.717, 1.165) is 6.33 Å². The number of aromatic amines is 1. The number of nitrogens with one attached hydrogen (secondary N) is 1. The summed E-state index contributed by atoms with van der Waals surface area (Å²) in [5.74, 6) is 0. The molecule has 1 saturated heterocycles. The molecule has 0 amide bonds. The van der Waals surface area contributed by atoms with Crippen molar-refractivity contribution < 1.29 is 56.3 Å². The smallest absolute Gasteiger partial charge is 0.390 e. The highest BCUT2D eigenvalue weighted by atomic mass is 31.3. The van der Waals surface area contributed by atoms with Gasteiger partial charge in [-0.25, -0.2) is 23.7 Å². The average Bonchev–Trinajstić information content (AvgIpc) is 3.14. The molecule has 0 radical (unpaired) electrons. The minimum atomic E-state index is -5.65. The van der Waals surface area contributed by atoms with Crippen LogP contribution < -0.4 is 5.56 Å². The SMILES string of the molecule is O=c1[nH]cnc2c1ncn2[C@@H]1C[C@@H](O)[C@H](COP(=O)(O)OP(=O)(O)OP(=O)(O)O)O1. The van der Waals surface area contributed by atoms with E-state index in [1.54, 1.807) is 0 Å². The maximum Gasteiger partial charge on any atom is 0.490 e. The summed E-state index contributed by atoms with van der Waals surface area (Å²) in [6, 6.07) is 0. The highest BCUT2D eigenvalue weighted by molar-refractivity contribution is 7.66. The number of rotatable bonds is 8. The zero-order valence-corrected chi connectivity index (χ0v) is 17.2. The molecule has 6 N–H and O–H groups in total. The Morgan fingerprint density at radius 3 is 2.53 bits per heavy atom. The Hall–Kier alpha value is -1.32. The minimum Gasteiger partial charge on any atom is -0.390 e. The fraction of sp³-hybridized carbons (Fsp3) is 0.500. The highest BCUT2D eigenvalue weighted by Gasteiger charge is 2.43. The first-order valence-electron chi connectivity index (χ1n) is 7.78. The van der Waals surface area contributed by atoms with Gasteiger partial charge >= 0.3 is 23.5 Å². The van der Waals surface area contributed by atoms with E-state index < -0.39 is 54.1 Å². The lowest BCUT2D eigenvalue weighted by molar-refractivity contribution is -0.0423. The molecule has 2 unspecified atom stereocenters. The van der Waals surface area contributed by atoms with Gasteiger partial charge in [0.1, 0.15) is 12.3 Å². The molecule has 2 aromatic heterocycles. The van der Waals surface area contributed by atoms with Gasteiger partial charge in [0.2, 0.25) is 0 Å². The summed E-state index contributed by atoms with van der Waals surface area (Å²) in [5, 5.41) is 10.1. The number of hydrogen-bond acceptors (Lipinski definition) is 11. The second-order valence-electron chi connectivity index (χ2n) is 5.87. The number of aliphatic hydroxyl groups excluding tert-OH is 1. The first-order chi connectivity index (χ1) is 13.8. The summed E-state index contributed by atoms with van der Waals surface area (Å²) in [6.07, 6.45) is -1.00. The number of ether oxygens (including phenoxy) is 1. The van der Waals surface area contributed by atoms with E-state index in [9.17, 15) is 28.5 Å². The molecule has 1 aliphatic heterocycles. The molecule has 1 aliphatic rings. The molecule has 168 valence electrons. The summed E-state index contributed by atoms with van der Waals surface area (Å²) >= 11 is 0. The standard InChI is InChI=1S/C10H15N4O13P3/c15-5-1-7(14-4-13-8-9(14)11-3-12-10(8)16)25-6(5)2-24-29(20,21)27-30(22,23)26-28(17,18)19/h3-7,15H,1-2H2,(H,20,21)(H,22,23)(H,11,12,16)(H2,17,18,19)/t5-,6+,7+/m1/s1. The van der Waals surface area contributed by atoms with Crippen LogP contribution in [0.5, 0.6) is 0 Å². The van der Waals surface area contributed by atoms with Crippen LogP contribution in [0.4, 0.5) is 0 Å². The van der Waals surface area contributed by atoms with Gasteiger partial charge in [-0.1, -0.05) is 0 Å². The van der Waals surface area contributed by atoms with Gasteiger partial charge in [0.25, 0.3) is 5.56 Å². The van der Waals surface area contributed by atoms with Crippen molar-refractivity contribution >= 4 is 34.6 Å². The fourth-order valence-corrected chi connectivity index (χ4v) is 5.61. The molecular formula is C10H15N4O13P3. The molecular weight excluding hydrogens is 477 g/mol. The van der Waals surface area contributed by atoms with Crippen LogP contribution in [0.15, 0.2) is 17.4 Å². The number of aromatic nitrogens is 4. The number of hydrogen-bond donors (Lipinski definition) is 6. The number of imidazole rings is 1. The average molecular weight is 492 g/mol. The zero-order valence-electron chi connectivity index (χ0n) is 14.5. The first kappa shape index (κ1) is 23.3. The molecule has 2 aromatic rings. The van der Waals surface area contributed by atoms with Crippen molar-refractivity contribution in [1.82, 2.24) is 19.5 Å². The van der Waals surface area contributed by atoms with Crippen LogP contribution in [-0.4, -0.2) is 63.0 Å². The van der Waals surface area contributed by atoms with E-state index in [2.05, 4.69) is 28.1 Å². The van der Waals surface area contributed by atoms with Gasteiger partial charge in [-0.15, -0.1) is 0 Å². The fourth-order valence-electron chi connectivity index (χ4n) is 2.58. The normalized spacial score (nSPS) is 26.5. The lowest BCUT2D eigenvalue weighted by Gasteiger charge is -2.19. The van der Waals surface area contributed by atoms with Gasteiger partial charge in [0.05, 0.1) is 25.4 Å². The first-order valence-corrected chi connectivity index (χ1v) is 12.3. The van der Waals surface area contributed by atoms with Crippen LogP contribution in [-0.2, 0) is 31.6 Å². The Labute approximate surface area is 165 Å². The molecule has 20 heteroatoms. The summed E-state index contributed by atoms with van der Waals surface area (Å²) < 4.78 is 52.1. The van der Waals surface area contributed by atoms with Crippen molar-refractivity contribution in [2.24, 2.45) is 0 Å². The van der Waals surface area contributed by atoms with Crippen molar-refractivity contribution in [2.45, 2.75) is 24.9 Å². The molecule has 5 atom stereocenters. The quantitative estimate of drug-likeness (QED) is 0.244. The van der Waals surface area contributed by atoms with Crippen molar-refractivity contribution in [3.63, 3.8) is 0 Å². The number of H-pyrrole nitrogens is 1. The third-order valence-corrected chi connectivity index (χ3v) is 7.50. The Morgan fingerprint density at radius 1 is 1.17 bits per heavy atom. The summed E-state index contributed by atoms with van der Waals surface area (Å²) in [7, 11) is -16.5. The number of fused-ring (bicyclic) bond motifs is 1. The second-order valence-corrected chi connectivity index (χ2v) is 10.3. The molecule has 30 heavy (non-hydrogen) atoms. The van der Waals surface area contributed by atoms with E-state index >= 15 is 0 Å². The van der Waals surface area contributed by atoms with Crippen molar-refractivity contribution in [1.29, 1.82) is 0 Å². The lowest BCUT2D eigenvalue weighted by Crippen LogP contribution is -2.26. The van der Waals surface area contributed by atoms with Gasteiger partial charge < -0.3 is 34.4 Å². The lowest BCUT2D eigenvalue weighted by atomic mass is 10.2. The molecule has 0 bridgehead atoms. The third kappa shape index (κ3) is 5.68. The molecule has 0 aromatic carbocycles. The van der Waals surface area contributed by atoms with Crippen LogP contribution in [0.25, 0.3) is 11.2 Å². The number of phosphoric ester groups is 1. The summed E-state index contributed by atoms with van der Waals surface area (Å²) in [4.78, 5) is 57.4. The van der Waals surface area contributed by atoms with Crippen molar-refractivity contribution in [2.75, 3.05) is 6.61 Å².